The number of aryl methyl sites for hydroxylation is 1. The van der Waals surface area contributed by atoms with Gasteiger partial charge in [0.1, 0.15) is 5.65 Å². The van der Waals surface area contributed by atoms with Crippen LogP contribution in [0.5, 0.6) is 0 Å². The normalized spacial score (nSPS) is 10.8. The summed E-state index contributed by atoms with van der Waals surface area (Å²) in [5.41, 5.74) is 5.30. The van der Waals surface area contributed by atoms with Gasteiger partial charge in [0.2, 0.25) is 0 Å². The highest BCUT2D eigenvalue weighted by Gasteiger charge is 2.12. The summed E-state index contributed by atoms with van der Waals surface area (Å²) in [7, 11) is 1.89. The number of hydrogen-bond donors (Lipinski definition) is 2. The molecule has 0 aromatic carbocycles. The van der Waals surface area contributed by atoms with Crippen LogP contribution in [0.1, 0.15) is 16.1 Å². The van der Waals surface area contributed by atoms with Crippen molar-refractivity contribution in [2.75, 3.05) is 18.9 Å². The molecule has 0 bridgehead atoms. The minimum Gasteiger partial charge on any atom is -0.388 e. The van der Waals surface area contributed by atoms with Crippen LogP contribution in [0.15, 0.2) is 67.4 Å². The van der Waals surface area contributed by atoms with E-state index in [1.807, 2.05) is 78.1 Å². The first-order valence-corrected chi connectivity index (χ1v) is 9.50. The van der Waals surface area contributed by atoms with Crippen molar-refractivity contribution in [2.24, 2.45) is 0 Å². The molecule has 7 nitrogen and oxygen atoms in total. The first-order chi connectivity index (χ1) is 14.2. The van der Waals surface area contributed by atoms with Crippen molar-refractivity contribution < 1.29 is 9.36 Å². The molecule has 0 saturated carbocycles. The Kier molecular flexibility index (Phi) is 5.20. The molecule has 0 spiro atoms. The zero-order valence-corrected chi connectivity index (χ0v) is 16.5. The SMILES string of the molecule is CNc1cc[n+](CCNC(=O)c2ccn3c(-c4cccnc4C)cnc3c2)cc1. The average Bonchev–Trinajstić information content (AvgIpc) is 3.17. The van der Waals surface area contributed by atoms with E-state index in [0.29, 0.717) is 18.7 Å². The van der Waals surface area contributed by atoms with E-state index in [2.05, 4.69) is 20.6 Å². The molecule has 146 valence electrons. The molecule has 0 aliphatic carbocycles. The summed E-state index contributed by atoms with van der Waals surface area (Å²) >= 11 is 0. The van der Waals surface area contributed by atoms with Gasteiger partial charge in [0.05, 0.1) is 18.4 Å². The van der Waals surface area contributed by atoms with Crippen LogP contribution < -0.4 is 15.2 Å². The molecule has 0 aliphatic rings. The highest BCUT2D eigenvalue weighted by Crippen LogP contribution is 2.23. The van der Waals surface area contributed by atoms with Gasteiger partial charge in [-0.25, -0.2) is 9.55 Å². The molecule has 0 fully saturated rings. The van der Waals surface area contributed by atoms with Crippen LogP contribution in [0.2, 0.25) is 0 Å². The number of imidazole rings is 1. The predicted octanol–water partition coefficient (Wildman–Crippen LogP) is 2.46. The number of nitrogens with zero attached hydrogens (tertiary/aromatic N) is 4. The third kappa shape index (κ3) is 3.94. The number of carbonyl (C=O) groups is 1. The summed E-state index contributed by atoms with van der Waals surface area (Å²) < 4.78 is 4.00. The second kappa shape index (κ2) is 8.10. The standard InChI is InChI=1S/C22H22N6O/c1-16-19(4-3-8-24-16)20-15-26-21-14-17(5-12-28(20)21)22(29)25-9-13-27-10-6-18(23-2)7-11-27/h3-8,10-12,14-15H,9,13H2,1-2H3,(H,25,29)/p+1. The molecule has 7 heteroatoms. The molecule has 2 N–H and O–H groups in total. The zero-order valence-electron chi connectivity index (χ0n) is 16.5. The number of nitrogens with one attached hydrogen (secondary N) is 2. The van der Waals surface area contributed by atoms with Crippen molar-refractivity contribution >= 4 is 17.2 Å². The summed E-state index contributed by atoms with van der Waals surface area (Å²) in [6.07, 6.45) is 9.43. The Labute approximate surface area is 169 Å². The van der Waals surface area contributed by atoms with Crippen molar-refractivity contribution in [3.63, 3.8) is 0 Å². The number of carbonyl (C=O) groups excluding carboxylic acids is 1. The lowest BCUT2D eigenvalue weighted by atomic mass is 10.1. The van der Waals surface area contributed by atoms with Gasteiger partial charge >= 0.3 is 0 Å². The van der Waals surface area contributed by atoms with Gasteiger partial charge in [-0.15, -0.1) is 0 Å². The number of amides is 1. The van der Waals surface area contributed by atoms with Crippen molar-refractivity contribution in [1.82, 2.24) is 19.7 Å². The van der Waals surface area contributed by atoms with Crippen LogP contribution >= 0.6 is 0 Å². The number of fused-ring (bicyclic) bond motifs is 1. The van der Waals surface area contributed by atoms with E-state index < -0.39 is 0 Å². The van der Waals surface area contributed by atoms with Gasteiger partial charge < -0.3 is 10.6 Å². The summed E-state index contributed by atoms with van der Waals surface area (Å²) in [4.78, 5) is 21.3. The predicted molar refractivity (Wildman–Crippen MR) is 112 cm³/mol. The summed E-state index contributed by atoms with van der Waals surface area (Å²) in [5.74, 6) is -0.109. The lowest BCUT2D eigenvalue weighted by Crippen LogP contribution is -2.40. The van der Waals surface area contributed by atoms with Gasteiger partial charge in [0.15, 0.2) is 18.9 Å². The third-order valence-corrected chi connectivity index (χ3v) is 4.89. The Balaban J connectivity index is 1.45. The fourth-order valence-electron chi connectivity index (χ4n) is 3.25. The van der Waals surface area contributed by atoms with Gasteiger partial charge in [-0.1, -0.05) is 0 Å². The Morgan fingerprint density at radius 2 is 2.00 bits per heavy atom. The minimum absolute atomic E-state index is 0.109. The van der Waals surface area contributed by atoms with Gasteiger partial charge in [-0.05, 0) is 31.2 Å². The molecule has 0 radical (unpaired) electrons. The van der Waals surface area contributed by atoms with E-state index in [9.17, 15) is 4.79 Å². The molecule has 0 unspecified atom stereocenters. The fraction of sp³-hybridized carbons (Fsp3) is 0.182. The fourth-order valence-corrected chi connectivity index (χ4v) is 3.25. The molecule has 4 heterocycles. The van der Waals surface area contributed by atoms with Crippen molar-refractivity contribution in [3.05, 3.63) is 78.6 Å². The van der Waals surface area contributed by atoms with Crippen molar-refractivity contribution in [3.8, 4) is 11.3 Å². The topological polar surface area (TPSA) is 75.2 Å². The zero-order chi connectivity index (χ0) is 20.2. The van der Waals surface area contributed by atoms with Crippen molar-refractivity contribution in [1.29, 1.82) is 0 Å². The summed E-state index contributed by atoms with van der Waals surface area (Å²) in [5, 5.41) is 6.05. The molecular weight excluding hydrogens is 364 g/mol. The van der Waals surface area contributed by atoms with E-state index >= 15 is 0 Å². The maximum atomic E-state index is 12.5. The first-order valence-electron chi connectivity index (χ1n) is 9.50. The maximum absolute atomic E-state index is 12.5. The van der Waals surface area contributed by atoms with Crippen LogP contribution in [-0.4, -0.2) is 33.9 Å². The molecule has 0 aliphatic heterocycles. The lowest BCUT2D eigenvalue weighted by Gasteiger charge is -2.07. The number of pyridine rings is 3. The van der Waals surface area contributed by atoms with E-state index in [0.717, 1.165) is 28.3 Å². The largest absolute Gasteiger partial charge is 0.388 e. The van der Waals surface area contributed by atoms with Crippen molar-refractivity contribution in [2.45, 2.75) is 13.5 Å². The Morgan fingerprint density at radius 1 is 1.17 bits per heavy atom. The molecule has 4 rings (SSSR count). The van der Waals surface area contributed by atoms with Gasteiger partial charge in [0.25, 0.3) is 5.91 Å². The maximum Gasteiger partial charge on any atom is 0.251 e. The van der Waals surface area contributed by atoms with E-state index in [1.165, 1.54) is 0 Å². The van der Waals surface area contributed by atoms with Gasteiger partial charge in [-0.2, -0.15) is 0 Å². The molecule has 0 saturated heterocycles. The molecule has 0 atom stereocenters. The minimum atomic E-state index is -0.109. The highest BCUT2D eigenvalue weighted by molar-refractivity contribution is 5.95. The summed E-state index contributed by atoms with van der Waals surface area (Å²) in [6.45, 7) is 3.22. The summed E-state index contributed by atoms with van der Waals surface area (Å²) in [6, 6.07) is 11.5. The second-order valence-electron chi connectivity index (χ2n) is 6.75. The monoisotopic (exact) mass is 387 g/mol. The van der Waals surface area contributed by atoms with E-state index in [-0.39, 0.29) is 5.91 Å². The Morgan fingerprint density at radius 3 is 2.76 bits per heavy atom. The van der Waals surface area contributed by atoms with Gasteiger partial charge in [-0.3, -0.25) is 14.2 Å². The average molecular weight is 387 g/mol. The highest BCUT2D eigenvalue weighted by atomic mass is 16.1. The molecule has 4 aromatic rings. The number of anilines is 1. The third-order valence-electron chi connectivity index (χ3n) is 4.89. The molecule has 1 amide bonds. The number of rotatable bonds is 6. The van der Waals surface area contributed by atoms with E-state index in [1.54, 1.807) is 12.3 Å². The molecule has 29 heavy (non-hydrogen) atoms. The van der Waals surface area contributed by atoms with Gasteiger partial charge in [0, 0.05) is 54.1 Å². The van der Waals surface area contributed by atoms with Crippen LogP contribution in [0, 0.1) is 6.92 Å². The first kappa shape index (κ1) is 18.6. The quantitative estimate of drug-likeness (QED) is 0.499. The number of hydrogen-bond acceptors (Lipinski definition) is 4. The molecular formula is C22H23N6O+. The van der Waals surface area contributed by atoms with Crippen LogP contribution in [0.4, 0.5) is 5.69 Å². The van der Waals surface area contributed by atoms with Crippen LogP contribution in [0.3, 0.4) is 0 Å². The number of aromatic nitrogens is 4. The molecule has 4 aromatic heterocycles. The Bertz CT molecular complexity index is 1150. The van der Waals surface area contributed by atoms with Crippen LogP contribution in [-0.2, 0) is 6.54 Å². The lowest BCUT2D eigenvalue weighted by molar-refractivity contribution is -0.694. The second-order valence-corrected chi connectivity index (χ2v) is 6.75. The van der Waals surface area contributed by atoms with Crippen LogP contribution in [0.25, 0.3) is 16.9 Å². The van der Waals surface area contributed by atoms with E-state index in [4.69, 9.17) is 0 Å². The Hall–Kier alpha value is -3.74. The smallest absolute Gasteiger partial charge is 0.251 e.